The Morgan fingerprint density at radius 1 is 1.24 bits per heavy atom. The first-order valence-corrected chi connectivity index (χ1v) is 8.84. The summed E-state index contributed by atoms with van der Waals surface area (Å²) in [5.74, 6) is 3.51. The molecule has 1 aromatic rings. The maximum absolute atomic E-state index is 6.12. The van der Waals surface area contributed by atoms with Crippen molar-refractivity contribution in [2.45, 2.75) is 57.1 Å². The number of ether oxygens (including phenoxy) is 1. The van der Waals surface area contributed by atoms with Crippen LogP contribution in [0, 0.1) is 5.41 Å². The van der Waals surface area contributed by atoms with Crippen molar-refractivity contribution in [3.8, 4) is 0 Å². The zero-order chi connectivity index (χ0) is 15.1. The Morgan fingerprint density at radius 3 is 2.52 bits per heavy atom. The van der Waals surface area contributed by atoms with E-state index in [2.05, 4.69) is 24.0 Å². The first kappa shape index (κ1) is 15.3. The van der Waals surface area contributed by atoms with E-state index in [0.717, 1.165) is 37.2 Å². The third kappa shape index (κ3) is 2.85. The lowest BCUT2D eigenvalue weighted by Gasteiger charge is -2.40. The quantitative estimate of drug-likeness (QED) is 0.925. The van der Waals surface area contributed by atoms with Gasteiger partial charge in [-0.3, -0.25) is 0 Å². The number of methoxy groups -OCH3 is 1. The van der Waals surface area contributed by atoms with Crippen molar-refractivity contribution >= 4 is 11.8 Å². The van der Waals surface area contributed by atoms with Gasteiger partial charge in [0.1, 0.15) is 5.60 Å². The van der Waals surface area contributed by atoms with Crippen LogP contribution in [0.25, 0.3) is 0 Å². The van der Waals surface area contributed by atoms with Crippen molar-refractivity contribution in [1.82, 2.24) is 10.1 Å². The van der Waals surface area contributed by atoms with Crippen molar-refractivity contribution in [3.05, 3.63) is 11.7 Å². The second-order valence-corrected chi connectivity index (χ2v) is 8.20. The number of nitrogens with zero attached hydrogens (tertiary/aromatic N) is 2. The van der Waals surface area contributed by atoms with Crippen LogP contribution in [0.15, 0.2) is 4.52 Å². The summed E-state index contributed by atoms with van der Waals surface area (Å²) in [6, 6.07) is 0.118. The first-order valence-electron chi connectivity index (χ1n) is 7.68. The fourth-order valence-corrected chi connectivity index (χ4v) is 4.53. The average Bonchev–Trinajstić information content (AvgIpc) is 3.08. The highest BCUT2D eigenvalue weighted by Crippen LogP contribution is 2.46. The maximum atomic E-state index is 6.12. The van der Waals surface area contributed by atoms with Crippen LogP contribution in [0.4, 0.5) is 0 Å². The SMILES string of the molecule is COC1(c2noc(C3CSCC3N)n2)CCC(C)(C)CC1. The second-order valence-electron chi connectivity index (χ2n) is 7.13. The summed E-state index contributed by atoms with van der Waals surface area (Å²) in [6.45, 7) is 4.62. The Balaban J connectivity index is 1.81. The minimum Gasteiger partial charge on any atom is -0.370 e. The Hall–Kier alpha value is -0.590. The molecule has 118 valence electrons. The van der Waals surface area contributed by atoms with Gasteiger partial charge >= 0.3 is 0 Å². The number of thioether (sulfide) groups is 1. The molecule has 3 rings (SSSR count). The molecule has 1 saturated heterocycles. The second kappa shape index (κ2) is 5.56. The molecule has 1 aliphatic heterocycles. The molecule has 0 spiro atoms. The minimum atomic E-state index is -0.382. The minimum absolute atomic E-state index is 0.118. The topological polar surface area (TPSA) is 74.2 Å². The van der Waals surface area contributed by atoms with E-state index in [1.54, 1.807) is 7.11 Å². The van der Waals surface area contributed by atoms with Crippen molar-refractivity contribution in [2.24, 2.45) is 11.1 Å². The van der Waals surface area contributed by atoms with Crippen LogP contribution >= 0.6 is 11.8 Å². The highest BCUT2D eigenvalue weighted by Gasteiger charge is 2.44. The summed E-state index contributed by atoms with van der Waals surface area (Å²) < 4.78 is 11.4. The molecular formula is C15H25N3O2S. The number of rotatable bonds is 3. The van der Waals surface area contributed by atoms with Gasteiger partial charge in [-0.25, -0.2) is 0 Å². The molecule has 0 amide bonds. The Labute approximate surface area is 130 Å². The number of aromatic nitrogens is 2. The van der Waals surface area contributed by atoms with Gasteiger partial charge in [0.05, 0.1) is 5.92 Å². The van der Waals surface area contributed by atoms with E-state index in [1.165, 1.54) is 0 Å². The maximum Gasteiger partial charge on any atom is 0.232 e. The smallest absolute Gasteiger partial charge is 0.232 e. The molecule has 5 nitrogen and oxygen atoms in total. The van der Waals surface area contributed by atoms with Gasteiger partial charge in [-0.2, -0.15) is 16.7 Å². The van der Waals surface area contributed by atoms with Crippen LogP contribution in [-0.4, -0.2) is 34.8 Å². The molecule has 0 aromatic carbocycles. The number of nitrogens with two attached hydrogens (primary N) is 1. The van der Waals surface area contributed by atoms with Gasteiger partial charge < -0.3 is 15.0 Å². The molecule has 1 aliphatic carbocycles. The van der Waals surface area contributed by atoms with Crippen molar-refractivity contribution < 1.29 is 9.26 Å². The lowest BCUT2D eigenvalue weighted by molar-refractivity contribution is -0.0740. The summed E-state index contributed by atoms with van der Waals surface area (Å²) in [6.07, 6.45) is 4.12. The predicted molar refractivity (Wildman–Crippen MR) is 83.3 cm³/mol. The van der Waals surface area contributed by atoms with Crippen LogP contribution in [0.3, 0.4) is 0 Å². The van der Waals surface area contributed by atoms with Gasteiger partial charge in [-0.1, -0.05) is 19.0 Å². The normalized spacial score (nSPS) is 31.4. The van der Waals surface area contributed by atoms with Crippen LogP contribution in [0.1, 0.15) is 57.2 Å². The van der Waals surface area contributed by atoms with Gasteiger partial charge in [0.2, 0.25) is 11.7 Å². The first-order chi connectivity index (χ1) is 9.96. The lowest BCUT2D eigenvalue weighted by atomic mass is 9.70. The zero-order valence-corrected chi connectivity index (χ0v) is 13.9. The molecule has 2 heterocycles. The van der Waals surface area contributed by atoms with Crippen LogP contribution in [0.5, 0.6) is 0 Å². The van der Waals surface area contributed by atoms with E-state index in [1.807, 2.05) is 11.8 Å². The average molecular weight is 311 g/mol. The monoisotopic (exact) mass is 311 g/mol. The van der Waals surface area contributed by atoms with E-state index in [-0.39, 0.29) is 17.6 Å². The predicted octanol–water partition coefficient (Wildman–Crippen LogP) is 2.67. The van der Waals surface area contributed by atoms with Gasteiger partial charge in [-0.15, -0.1) is 0 Å². The van der Waals surface area contributed by atoms with Gasteiger partial charge in [0, 0.05) is 24.7 Å². The van der Waals surface area contributed by atoms with E-state index in [0.29, 0.717) is 17.1 Å². The third-order valence-electron chi connectivity index (χ3n) is 5.09. The molecule has 0 bridgehead atoms. The molecule has 6 heteroatoms. The summed E-state index contributed by atoms with van der Waals surface area (Å²) in [7, 11) is 1.76. The lowest BCUT2D eigenvalue weighted by Crippen LogP contribution is -2.37. The van der Waals surface area contributed by atoms with E-state index >= 15 is 0 Å². The molecule has 1 aromatic heterocycles. The van der Waals surface area contributed by atoms with Gasteiger partial charge in [0.15, 0.2) is 0 Å². The standard InChI is InChI=1S/C15H25N3O2S/c1-14(2)4-6-15(19-3,7-5-14)13-17-12(20-18-13)10-8-21-9-11(10)16/h10-11H,4-9,16H2,1-3H3. The molecule has 2 aliphatic rings. The van der Waals surface area contributed by atoms with Crippen molar-refractivity contribution in [3.63, 3.8) is 0 Å². The molecule has 2 unspecified atom stereocenters. The zero-order valence-electron chi connectivity index (χ0n) is 13.1. The highest BCUT2D eigenvalue weighted by molar-refractivity contribution is 7.99. The van der Waals surface area contributed by atoms with E-state index in [9.17, 15) is 0 Å². The highest BCUT2D eigenvalue weighted by atomic mass is 32.2. The Bertz CT molecular complexity index is 493. The molecule has 2 atom stereocenters. The molecule has 0 radical (unpaired) electrons. The van der Waals surface area contributed by atoms with Crippen LogP contribution < -0.4 is 5.73 Å². The molecule has 21 heavy (non-hydrogen) atoms. The summed E-state index contributed by atoms with van der Waals surface area (Å²) in [5, 5.41) is 4.23. The largest absolute Gasteiger partial charge is 0.370 e. The van der Waals surface area contributed by atoms with Gasteiger partial charge in [0.25, 0.3) is 0 Å². The van der Waals surface area contributed by atoms with Crippen LogP contribution in [-0.2, 0) is 10.3 Å². The molecule has 2 fully saturated rings. The van der Waals surface area contributed by atoms with E-state index in [4.69, 9.17) is 15.0 Å². The van der Waals surface area contributed by atoms with E-state index < -0.39 is 0 Å². The third-order valence-corrected chi connectivity index (χ3v) is 6.31. The summed E-state index contributed by atoms with van der Waals surface area (Å²) in [5.41, 5.74) is 6.11. The fourth-order valence-electron chi connectivity index (χ4n) is 3.25. The van der Waals surface area contributed by atoms with Crippen molar-refractivity contribution in [1.29, 1.82) is 0 Å². The van der Waals surface area contributed by atoms with Crippen LogP contribution in [0.2, 0.25) is 0 Å². The Kier molecular flexibility index (Phi) is 4.05. The number of hydrogen-bond donors (Lipinski definition) is 1. The van der Waals surface area contributed by atoms with Crippen molar-refractivity contribution in [2.75, 3.05) is 18.6 Å². The fraction of sp³-hybridized carbons (Fsp3) is 0.867. The summed E-state index contributed by atoms with van der Waals surface area (Å²) in [4.78, 5) is 4.66. The molecule has 2 N–H and O–H groups in total. The number of hydrogen-bond acceptors (Lipinski definition) is 6. The van der Waals surface area contributed by atoms with Gasteiger partial charge in [-0.05, 0) is 31.1 Å². The molecule has 1 saturated carbocycles. The molecular weight excluding hydrogens is 286 g/mol. The summed E-state index contributed by atoms with van der Waals surface area (Å²) >= 11 is 1.85. The Morgan fingerprint density at radius 2 is 1.95 bits per heavy atom.